The second kappa shape index (κ2) is 23.7. The predicted octanol–water partition coefficient (Wildman–Crippen LogP) is 5.26. The van der Waals surface area contributed by atoms with Gasteiger partial charge < -0.3 is 83.6 Å². The third kappa shape index (κ3) is 11.4. The van der Waals surface area contributed by atoms with Crippen molar-refractivity contribution in [2.45, 2.75) is 130 Å². The maximum atomic E-state index is 16.1. The molecule has 11 amide bonds. The zero-order valence-electron chi connectivity index (χ0n) is 46.7. The van der Waals surface area contributed by atoms with Crippen LogP contribution in [0.5, 0.6) is 5.75 Å². The molecular weight excluding hydrogens is 1070 g/mol. The average Bonchev–Trinajstić information content (AvgIpc) is 2.66. The number of allylic oxidation sites excluding steroid dienone is 1. The Morgan fingerprint density at radius 1 is 0.639 bits per heavy atom. The van der Waals surface area contributed by atoms with E-state index in [1.807, 2.05) is 27.7 Å². The fourth-order valence-electron chi connectivity index (χ4n) is 12.0. The van der Waals surface area contributed by atoms with Crippen molar-refractivity contribution in [3.05, 3.63) is 138 Å². The Morgan fingerprint density at radius 2 is 1.23 bits per heavy atom. The Morgan fingerprint density at radius 3 is 1.82 bits per heavy atom. The second-order valence-corrected chi connectivity index (χ2v) is 21.0. The number of carboxylic acids is 2. The number of ether oxygens (including phenoxy) is 1. The normalized spacial score (nSPS) is 20.8. The van der Waals surface area contributed by atoms with Gasteiger partial charge in [0.25, 0.3) is 5.91 Å². The minimum Gasteiger partial charge on any atom is -0.493 e. The number of aliphatic hydroxyl groups is 2. The van der Waals surface area contributed by atoms with Crippen molar-refractivity contribution in [1.82, 2.24) is 47.9 Å². The number of rotatable bonds is 9. The molecule has 25 nitrogen and oxygen atoms in total. The lowest BCUT2D eigenvalue weighted by Gasteiger charge is -2.45. The van der Waals surface area contributed by atoms with E-state index in [4.69, 9.17) is 4.74 Å². The maximum Gasteiger partial charge on any atom is 0.335 e. The van der Waals surface area contributed by atoms with Crippen molar-refractivity contribution in [3.8, 4) is 5.75 Å². The molecule has 5 aliphatic rings. The Labute approximate surface area is 477 Å². The first-order valence-electron chi connectivity index (χ1n) is 27.5. The highest BCUT2D eigenvalue weighted by atomic mass is 16.5. The molecule has 0 radical (unpaired) electrons. The molecule has 0 aromatic heterocycles. The van der Waals surface area contributed by atoms with Crippen LogP contribution in [0.15, 0.2) is 59.9 Å². The Balaban J connectivity index is 1.33. The maximum absolute atomic E-state index is 16.1. The largest absolute Gasteiger partial charge is 0.493 e. The number of nitrogens with one attached hydrogen (secondary N) is 12. The van der Waals surface area contributed by atoms with E-state index in [2.05, 4.69) is 63.8 Å². The minimum absolute atomic E-state index is 0.000921. The molecule has 16 N–H and O–H groups in total. The number of hydrogen-bond donors (Lipinski definition) is 16. The molecule has 25 heteroatoms. The Bertz CT molecular complexity index is 3470. The van der Waals surface area contributed by atoms with E-state index in [0.29, 0.717) is 75.9 Å². The summed E-state index contributed by atoms with van der Waals surface area (Å²) in [4.78, 5) is 114. The number of aliphatic carboxylic acids is 1. The molecule has 6 bridgehead atoms. The number of carbonyl (C=O) groups is 8. The van der Waals surface area contributed by atoms with Gasteiger partial charge in [-0.05, 0) is 126 Å². The second-order valence-electron chi connectivity index (χ2n) is 21.0. The van der Waals surface area contributed by atoms with Crippen molar-refractivity contribution < 1.29 is 63.5 Å². The number of carbonyl (C=O) groups excluding carboxylic acids is 6. The Kier molecular flexibility index (Phi) is 16.7. The molecular formula is C58H68N12O13. The number of benzene rings is 4. The van der Waals surface area contributed by atoms with Crippen LogP contribution in [0.3, 0.4) is 0 Å². The van der Waals surface area contributed by atoms with Gasteiger partial charge in [0.2, 0.25) is 5.66 Å². The number of urea groups is 5. The SMILES string of the molecule is CCCOc1c2c(C)c3c4c1CC4(C)NC(=O)Nc1cc(C(O)O)ccc1C1(NC3)NC(=O)NCc3c(CC)c(c(CC)c(c3CC)CNC(=O)Nc3ccc(C(=O)O)cc3NC1=O)CNC(=O)NC1=CCC(C(=O)O)C=C1NC(=O)NC2. The molecule has 3 atom stereocenters. The number of hydrogen-bond acceptors (Lipinski definition) is 12. The van der Waals surface area contributed by atoms with Gasteiger partial charge in [0.05, 0.1) is 52.1 Å². The molecule has 3 aliphatic heterocycles. The van der Waals surface area contributed by atoms with Crippen LogP contribution < -0.4 is 68.5 Å². The summed E-state index contributed by atoms with van der Waals surface area (Å²) in [6, 6.07) is 3.49. The highest BCUT2D eigenvalue weighted by molar-refractivity contribution is 6.07. The third-order valence-corrected chi connectivity index (χ3v) is 15.9. The lowest BCUT2D eigenvalue weighted by Crippen LogP contribution is -2.64. The summed E-state index contributed by atoms with van der Waals surface area (Å²) in [6.07, 6.45) is 2.73. The lowest BCUT2D eigenvalue weighted by atomic mass is 9.67. The van der Waals surface area contributed by atoms with Crippen LogP contribution in [0.1, 0.15) is 136 Å². The standard InChI is InChI=1S/C58H68N12O13/c1-7-17-83-47-34-21-57(6)46(34)35-26-63-58(40-14-11-28(48(71)72)18-43(40)67-56(82)69-57)51(77)64-44-19-29(49(73)74)12-15-41(44)65-52(78)60-23-37-31(8-2)38(33(10-4)39(32(37)9-3)25-62-55(81)70-58)24-61-53(79)66-42-16-13-30(50(75)76)20-45(42)68-54(80)59-22-36(47)27(35)5/h11-12,14-16,18-20,30,48,63,71-72H,7-10,13,17,21-26H2,1-6H3,(H,64,77)(H,73,74)(H,75,76)(H2,59,68,80)(H2,60,65,78)(H2,61,66,79)(H2,62,70,81)(H2,67,69,82). The quantitative estimate of drug-likeness (QED) is 0.0951. The van der Waals surface area contributed by atoms with Gasteiger partial charge in [0, 0.05) is 61.4 Å². The van der Waals surface area contributed by atoms with E-state index in [1.54, 1.807) is 13.8 Å². The monoisotopic (exact) mass is 1140 g/mol. The zero-order chi connectivity index (χ0) is 59.7. The van der Waals surface area contributed by atoms with E-state index in [9.17, 15) is 49.2 Å². The highest BCUT2D eigenvalue weighted by Crippen LogP contribution is 2.50. The molecule has 83 heavy (non-hydrogen) atoms. The molecule has 4 aromatic rings. The molecule has 4 aromatic carbocycles. The number of aromatic carboxylic acids is 1. The van der Waals surface area contributed by atoms with Crippen LogP contribution in [0, 0.1) is 12.8 Å². The summed E-state index contributed by atoms with van der Waals surface area (Å²) in [5.41, 5.74) is 2.41. The summed E-state index contributed by atoms with van der Waals surface area (Å²) < 4.78 is 6.49. The van der Waals surface area contributed by atoms with Gasteiger partial charge in [-0.25, -0.2) is 28.8 Å². The first-order chi connectivity index (χ1) is 39.6. The molecule has 438 valence electrons. The fraction of sp³-hybridized carbons (Fsp3) is 0.379. The van der Waals surface area contributed by atoms with E-state index in [0.717, 1.165) is 22.8 Å². The van der Waals surface area contributed by atoms with Gasteiger partial charge in [-0.2, -0.15) is 0 Å². The summed E-state index contributed by atoms with van der Waals surface area (Å²) >= 11 is 0. The van der Waals surface area contributed by atoms with Gasteiger partial charge in [-0.15, -0.1) is 0 Å². The summed E-state index contributed by atoms with van der Waals surface area (Å²) in [7, 11) is 0. The van der Waals surface area contributed by atoms with E-state index in [1.165, 1.54) is 42.5 Å². The van der Waals surface area contributed by atoms with Gasteiger partial charge in [0.1, 0.15) is 5.75 Å². The average molecular weight is 1140 g/mol. The van der Waals surface area contributed by atoms with E-state index in [-0.39, 0.29) is 97.3 Å². The smallest absolute Gasteiger partial charge is 0.335 e. The number of fused-ring (bicyclic) bond motifs is 10. The fourth-order valence-corrected chi connectivity index (χ4v) is 12.0. The predicted molar refractivity (Wildman–Crippen MR) is 303 cm³/mol. The van der Waals surface area contributed by atoms with Gasteiger partial charge >= 0.3 is 42.1 Å². The van der Waals surface area contributed by atoms with Crippen molar-refractivity contribution in [1.29, 1.82) is 0 Å². The summed E-state index contributed by atoms with van der Waals surface area (Å²) in [5, 5.41) is 76.4. The lowest BCUT2D eigenvalue weighted by molar-refractivity contribution is -0.140. The molecule has 0 fully saturated rings. The zero-order valence-corrected chi connectivity index (χ0v) is 46.7. The van der Waals surface area contributed by atoms with Crippen LogP contribution in [-0.4, -0.2) is 75.0 Å². The van der Waals surface area contributed by atoms with Gasteiger partial charge in [0.15, 0.2) is 6.29 Å². The van der Waals surface area contributed by atoms with Crippen molar-refractivity contribution in [2.75, 3.05) is 22.6 Å². The topological polar surface area (TPSA) is 371 Å². The van der Waals surface area contributed by atoms with E-state index < -0.39 is 71.4 Å². The molecule has 0 saturated carbocycles. The van der Waals surface area contributed by atoms with Crippen LogP contribution in [0.25, 0.3) is 0 Å². The first kappa shape index (κ1) is 58.5. The number of anilines is 3. The van der Waals surface area contributed by atoms with E-state index >= 15 is 9.59 Å². The number of carboxylic acid groups (broad SMARTS) is 2. The van der Waals surface area contributed by atoms with Crippen LogP contribution in [0.2, 0.25) is 0 Å². The number of aliphatic hydroxyl groups excluding tert-OH is 1. The highest BCUT2D eigenvalue weighted by Gasteiger charge is 2.50. The van der Waals surface area contributed by atoms with Crippen molar-refractivity contribution in [2.24, 2.45) is 5.92 Å². The van der Waals surface area contributed by atoms with Gasteiger partial charge in [-0.1, -0.05) is 45.9 Å². The summed E-state index contributed by atoms with van der Waals surface area (Å²) in [6.45, 7) is 10.6. The minimum atomic E-state index is -2.55. The molecule has 3 unspecified atom stereocenters. The number of amides is 11. The molecule has 9 rings (SSSR count). The van der Waals surface area contributed by atoms with Crippen LogP contribution in [-0.2, 0) is 79.2 Å². The van der Waals surface area contributed by atoms with Crippen molar-refractivity contribution in [3.63, 3.8) is 0 Å². The van der Waals surface area contributed by atoms with Crippen LogP contribution in [0.4, 0.5) is 41.0 Å². The molecule has 0 saturated heterocycles. The first-order valence-corrected chi connectivity index (χ1v) is 27.5. The molecule has 2 aliphatic carbocycles. The summed E-state index contributed by atoms with van der Waals surface area (Å²) in [5.74, 6) is -4.27. The Hall–Kier alpha value is -9.20. The van der Waals surface area contributed by atoms with Crippen molar-refractivity contribution >= 4 is 65.1 Å². The van der Waals surface area contributed by atoms with Crippen LogP contribution >= 0.6 is 0 Å². The molecule has 1 spiro atoms. The molecule has 3 heterocycles. The van der Waals surface area contributed by atoms with Gasteiger partial charge in [-0.3, -0.25) is 14.9 Å². The third-order valence-electron chi connectivity index (χ3n) is 15.9.